The van der Waals surface area contributed by atoms with Crippen LogP contribution in [0.4, 0.5) is 5.69 Å². The zero-order valence-electron chi connectivity index (χ0n) is 20.1. The van der Waals surface area contributed by atoms with Gasteiger partial charge in [-0.25, -0.2) is 0 Å². The maximum atomic E-state index is 13.6. The molecule has 0 saturated heterocycles. The molecule has 6 rings (SSSR count). The summed E-state index contributed by atoms with van der Waals surface area (Å²) < 4.78 is 25.0. The van der Waals surface area contributed by atoms with Crippen LogP contribution in [-0.4, -0.2) is 13.2 Å². The molecule has 35 heavy (non-hydrogen) atoms. The average molecular weight is 484 g/mol. The maximum Gasteiger partial charge on any atom is 0.361 e. The highest BCUT2D eigenvalue weighted by Crippen LogP contribution is 2.55. The van der Waals surface area contributed by atoms with Crippen LogP contribution in [0.2, 0.25) is 0 Å². The number of fused-ring (bicyclic) bond motifs is 6. The zero-order valence-corrected chi connectivity index (χ0v) is 21.0. The summed E-state index contributed by atoms with van der Waals surface area (Å²) in [6.45, 7) is 4.38. The van der Waals surface area contributed by atoms with Gasteiger partial charge in [0, 0.05) is 11.6 Å². The van der Waals surface area contributed by atoms with Crippen LogP contribution >= 0.6 is 7.60 Å². The van der Waals surface area contributed by atoms with Gasteiger partial charge in [-0.3, -0.25) is 4.57 Å². The van der Waals surface area contributed by atoms with Gasteiger partial charge in [-0.05, 0) is 77.4 Å². The molecule has 1 heterocycles. The number of benzene rings is 4. The van der Waals surface area contributed by atoms with Crippen LogP contribution in [-0.2, 0) is 20.0 Å². The Labute approximate surface area is 206 Å². The highest BCUT2D eigenvalue weighted by molar-refractivity contribution is 7.62. The van der Waals surface area contributed by atoms with Crippen LogP contribution in [0.3, 0.4) is 0 Å². The monoisotopic (exact) mass is 483 g/mol. The van der Waals surface area contributed by atoms with Gasteiger partial charge in [0.2, 0.25) is 0 Å². The van der Waals surface area contributed by atoms with Gasteiger partial charge >= 0.3 is 7.60 Å². The Balaban J connectivity index is 1.52. The Morgan fingerprint density at radius 3 is 2.37 bits per heavy atom. The van der Waals surface area contributed by atoms with Crippen molar-refractivity contribution in [3.8, 4) is 0 Å². The van der Waals surface area contributed by atoms with Crippen molar-refractivity contribution in [1.29, 1.82) is 0 Å². The predicted octanol–water partition coefficient (Wildman–Crippen LogP) is 7.20. The smallest absolute Gasteiger partial charge is 0.361 e. The number of rotatable bonds is 6. The van der Waals surface area contributed by atoms with Crippen molar-refractivity contribution in [2.24, 2.45) is 5.92 Å². The first kappa shape index (κ1) is 22.5. The molecule has 0 amide bonds. The van der Waals surface area contributed by atoms with E-state index in [-0.39, 0.29) is 12.0 Å². The van der Waals surface area contributed by atoms with Crippen LogP contribution in [0.25, 0.3) is 10.8 Å². The first-order valence-electron chi connectivity index (χ1n) is 12.5. The second-order valence-electron chi connectivity index (χ2n) is 9.34. The fraction of sp³-hybridized carbons (Fsp3) is 0.267. The molecule has 1 aliphatic heterocycles. The van der Waals surface area contributed by atoms with Crippen molar-refractivity contribution in [3.63, 3.8) is 0 Å². The molecule has 1 aliphatic carbocycles. The molecule has 4 aromatic carbocycles. The molecular weight excluding hydrogens is 453 g/mol. The van der Waals surface area contributed by atoms with Gasteiger partial charge < -0.3 is 14.4 Å². The summed E-state index contributed by atoms with van der Waals surface area (Å²) in [4.78, 5) is 0. The summed E-state index contributed by atoms with van der Waals surface area (Å²) >= 11 is 0. The van der Waals surface area contributed by atoms with Crippen molar-refractivity contribution < 1.29 is 13.6 Å². The molecule has 0 fully saturated rings. The van der Waals surface area contributed by atoms with Crippen LogP contribution < -0.4 is 10.6 Å². The van der Waals surface area contributed by atoms with E-state index in [1.165, 1.54) is 33.0 Å². The molecule has 4 aromatic rings. The van der Waals surface area contributed by atoms with Gasteiger partial charge in [0.15, 0.2) is 0 Å². The number of anilines is 1. The summed E-state index contributed by atoms with van der Waals surface area (Å²) in [6, 6.07) is 30.2. The van der Waals surface area contributed by atoms with Gasteiger partial charge in [-0.1, -0.05) is 66.7 Å². The van der Waals surface area contributed by atoms with Gasteiger partial charge in [0.05, 0.1) is 24.6 Å². The van der Waals surface area contributed by atoms with Crippen molar-refractivity contribution in [2.75, 3.05) is 18.5 Å². The lowest BCUT2D eigenvalue weighted by Gasteiger charge is -2.39. The van der Waals surface area contributed by atoms with E-state index >= 15 is 0 Å². The van der Waals surface area contributed by atoms with E-state index in [2.05, 4.69) is 84.2 Å². The van der Waals surface area contributed by atoms with Crippen LogP contribution in [0, 0.1) is 5.92 Å². The lowest BCUT2D eigenvalue weighted by atomic mass is 9.75. The second-order valence-corrected chi connectivity index (χ2v) is 11.4. The first-order valence-corrected chi connectivity index (χ1v) is 14.0. The van der Waals surface area contributed by atoms with Crippen molar-refractivity contribution in [3.05, 3.63) is 107 Å². The Morgan fingerprint density at radius 2 is 1.54 bits per heavy atom. The molecule has 1 N–H and O–H groups in total. The molecule has 0 unspecified atom stereocenters. The molecule has 0 radical (unpaired) electrons. The minimum Gasteiger partial charge on any atom is -0.378 e. The molecule has 5 heteroatoms. The molecule has 0 saturated carbocycles. The van der Waals surface area contributed by atoms with Gasteiger partial charge in [-0.2, -0.15) is 0 Å². The van der Waals surface area contributed by atoms with Crippen LogP contribution in [0.15, 0.2) is 84.9 Å². The van der Waals surface area contributed by atoms with Crippen molar-refractivity contribution in [2.45, 2.75) is 32.2 Å². The number of nitrogens with one attached hydrogen (secondary N) is 1. The number of hydrogen-bond donors (Lipinski definition) is 1. The fourth-order valence-electron chi connectivity index (χ4n) is 6.07. The number of hydrogen-bond acceptors (Lipinski definition) is 4. The molecule has 2 aliphatic rings. The summed E-state index contributed by atoms with van der Waals surface area (Å²) in [6.07, 6.45) is 1.000. The minimum atomic E-state index is -3.37. The highest BCUT2D eigenvalue weighted by atomic mass is 31.2. The standard InChI is InChI=1S/C30H30NO3P/c1-3-33-35(32,34-4-2)22-16-17-28-26(19-22)29-24-14-8-6-11-21(24)18-27(29)30(31-28)25-15-9-12-20-10-5-7-13-23(20)25/h5-17,19,27,29-31H,3-4,18H2,1-2H3/t27-,29-,30-/m1/s1. The molecule has 3 atom stereocenters. The van der Waals surface area contributed by atoms with Gasteiger partial charge in [-0.15, -0.1) is 0 Å². The lowest BCUT2D eigenvalue weighted by molar-refractivity contribution is 0.230. The van der Waals surface area contributed by atoms with Crippen molar-refractivity contribution >= 4 is 29.4 Å². The minimum absolute atomic E-state index is 0.169. The second kappa shape index (κ2) is 8.95. The van der Waals surface area contributed by atoms with E-state index in [0.29, 0.717) is 24.4 Å². The van der Waals surface area contributed by atoms with E-state index in [1.54, 1.807) is 0 Å². The van der Waals surface area contributed by atoms with E-state index in [1.807, 2.05) is 19.9 Å². The lowest BCUT2D eigenvalue weighted by Crippen LogP contribution is -2.31. The normalized spacial score (nSPS) is 20.7. The SMILES string of the molecule is CCOP(=O)(OCC)c1ccc2c(c1)[C@H]1c3ccccc3C[C@H]1[C@@H](c1cccc3ccccc13)N2. The fourth-order valence-corrected chi connectivity index (χ4v) is 7.68. The molecule has 0 bridgehead atoms. The maximum absolute atomic E-state index is 13.6. The predicted molar refractivity (Wildman–Crippen MR) is 143 cm³/mol. The summed E-state index contributed by atoms with van der Waals surface area (Å²) in [5.41, 5.74) is 6.35. The summed E-state index contributed by atoms with van der Waals surface area (Å²) in [7, 11) is -3.37. The summed E-state index contributed by atoms with van der Waals surface area (Å²) in [5, 5.41) is 7.07. The molecule has 0 spiro atoms. The summed E-state index contributed by atoms with van der Waals surface area (Å²) in [5.74, 6) is 0.558. The third-order valence-electron chi connectivity index (χ3n) is 7.46. The Kier molecular flexibility index (Phi) is 5.76. The van der Waals surface area contributed by atoms with Gasteiger partial charge in [0.25, 0.3) is 0 Å². The van der Waals surface area contributed by atoms with E-state index in [0.717, 1.165) is 12.1 Å². The van der Waals surface area contributed by atoms with Crippen molar-refractivity contribution in [1.82, 2.24) is 0 Å². The molecule has 178 valence electrons. The topological polar surface area (TPSA) is 47.6 Å². The Hall–Kier alpha value is -2.91. The Morgan fingerprint density at radius 1 is 0.829 bits per heavy atom. The van der Waals surface area contributed by atoms with E-state index in [9.17, 15) is 4.57 Å². The third kappa shape index (κ3) is 3.72. The van der Waals surface area contributed by atoms with Crippen LogP contribution in [0.5, 0.6) is 0 Å². The quantitative estimate of drug-likeness (QED) is 0.295. The largest absolute Gasteiger partial charge is 0.378 e. The zero-order chi connectivity index (χ0) is 24.0. The van der Waals surface area contributed by atoms with Gasteiger partial charge in [0.1, 0.15) is 0 Å². The molecular formula is C30H30NO3P. The average Bonchev–Trinajstić information content (AvgIpc) is 3.28. The van der Waals surface area contributed by atoms with Crippen LogP contribution in [0.1, 0.15) is 48.1 Å². The first-order chi connectivity index (χ1) is 17.1. The van der Waals surface area contributed by atoms with E-state index in [4.69, 9.17) is 9.05 Å². The Bertz CT molecular complexity index is 1430. The van der Waals surface area contributed by atoms with E-state index < -0.39 is 7.60 Å². The highest BCUT2D eigenvalue weighted by Gasteiger charge is 2.44. The molecule has 4 nitrogen and oxygen atoms in total. The molecule has 0 aromatic heterocycles. The third-order valence-corrected chi connectivity index (χ3v) is 9.56.